The van der Waals surface area contributed by atoms with Crippen molar-refractivity contribution < 1.29 is 5.11 Å². The van der Waals surface area contributed by atoms with Crippen LogP contribution in [0.25, 0.3) is 10.8 Å². The number of rotatable bonds is 2. The molecule has 3 aromatic rings. The number of hydrogen-bond donors (Lipinski definition) is 1. The molecular formula is C17H16N2O. The number of nitrogens with zero attached hydrogens (tertiary/aromatic N) is 2. The van der Waals surface area contributed by atoms with Crippen LogP contribution in [0, 0.1) is 13.8 Å². The molecule has 0 aliphatic heterocycles. The molecule has 100 valence electrons. The fourth-order valence-electron chi connectivity index (χ4n) is 2.53. The lowest BCUT2D eigenvalue weighted by Gasteiger charge is -2.15. The Balaban J connectivity index is 2.15. The second kappa shape index (κ2) is 5.02. The van der Waals surface area contributed by atoms with Gasteiger partial charge in [-0.1, -0.05) is 24.3 Å². The fraction of sp³-hybridized carbons (Fsp3) is 0.176. The van der Waals surface area contributed by atoms with E-state index in [0.717, 1.165) is 27.5 Å². The monoisotopic (exact) mass is 264 g/mol. The molecule has 3 nitrogen and oxygen atoms in total. The summed E-state index contributed by atoms with van der Waals surface area (Å²) in [7, 11) is 0. The highest BCUT2D eigenvalue weighted by atomic mass is 16.3. The van der Waals surface area contributed by atoms with E-state index in [1.54, 1.807) is 18.6 Å². The number of aliphatic hydroxyl groups is 1. The predicted octanol–water partition coefficient (Wildman–Crippen LogP) is 3.33. The lowest BCUT2D eigenvalue weighted by molar-refractivity contribution is 0.216. The number of aliphatic hydroxyl groups excluding tert-OH is 1. The highest BCUT2D eigenvalue weighted by Gasteiger charge is 2.16. The van der Waals surface area contributed by atoms with Crippen LogP contribution in [0.3, 0.4) is 0 Å². The van der Waals surface area contributed by atoms with Crippen LogP contribution >= 0.6 is 0 Å². The van der Waals surface area contributed by atoms with Gasteiger partial charge in [-0.3, -0.25) is 9.97 Å². The molecule has 0 saturated heterocycles. The molecule has 1 atom stereocenters. The number of benzene rings is 1. The van der Waals surface area contributed by atoms with Gasteiger partial charge in [-0.05, 0) is 42.0 Å². The van der Waals surface area contributed by atoms with E-state index in [4.69, 9.17) is 0 Å². The SMILES string of the molecule is Cc1cnc(C(O)c2cccc3ccncc23)c(C)c1. The minimum Gasteiger partial charge on any atom is -0.382 e. The summed E-state index contributed by atoms with van der Waals surface area (Å²) in [6.07, 6.45) is 4.60. The van der Waals surface area contributed by atoms with Gasteiger partial charge in [0.2, 0.25) is 0 Å². The third-order valence-corrected chi connectivity index (χ3v) is 3.53. The zero-order valence-corrected chi connectivity index (χ0v) is 11.5. The van der Waals surface area contributed by atoms with Gasteiger partial charge in [0.15, 0.2) is 0 Å². The molecule has 0 aliphatic carbocycles. The van der Waals surface area contributed by atoms with E-state index in [-0.39, 0.29) is 0 Å². The Kier molecular flexibility index (Phi) is 3.20. The molecule has 1 aromatic carbocycles. The van der Waals surface area contributed by atoms with Crippen molar-refractivity contribution in [3.8, 4) is 0 Å². The van der Waals surface area contributed by atoms with Crippen LogP contribution in [0.2, 0.25) is 0 Å². The molecule has 2 aromatic heterocycles. The summed E-state index contributed by atoms with van der Waals surface area (Å²) in [6.45, 7) is 3.97. The van der Waals surface area contributed by atoms with Crippen molar-refractivity contribution in [2.24, 2.45) is 0 Å². The highest BCUT2D eigenvalue weighted by molar-refractivity contribution is 5.85. The molecule has 0 aliphatic rings. The first kappa shape index (κ1) is 12.8. The molecular weight excluding hydrogens is 248 g/mol. The summed E-state index contributed by atoms with van der Waals surface area (Å²) in [5.74, 6) is 0. The van der Waals surface area contributed by atoms with E-state index < -0.39 is 6.10 Å². The van der Waals surface area contributed by atoms with Crippen molar-refractivity contribution >= 4 is 10.8 Å². The Morgan fingerprint density at radius 1 is 1.10 bits per heavy atom. The molecule has 20 heavy (non-hydrogen) atoms. The van der Waals surface area contributed by atoms with Gasteiger partial charge in [0.1, 0.15) is 6.10 Å². The smallest absolute Gasteiger partial charge is 0.122 e. The molecule has 0 fully saturated rings. The normalized spacial score (nSPS) is 12.6. The van der Waals surface area contributed by atoms with E-state index in [1.165, 1.54) is 0 Å². The van der Waals surface area contributed by atoms with E-state index in [0.29, 0.717) is 5.69 Å². The fourth-order valence-corrected chi connectivity index (χ4v) is 2.53. The van der Waals surface area contributed by atoms with Gasteiger partial charge in [0, 0.05) is 24.0 Å². The van der Waals surface area contributed by atoms with Gasteiger partial charge in [-0.2, -0.15) is 0 Å². The van der Waals surface area contributed by atoms with Gasteiger partial charge in [0.05, 0.1) is 5.69 Å². The second-order valence-electron chi connectivity index (χ2n) is 5.06. The van der Waals surface area contributed by atoms with E-state index in [1.807, 2.05) is 44.2 Å². The number of fused-ring (bicyclic) bond motifs is 1. The lowest BCUT2D eigenvalue weighted by atomic mass is 9.97. The first-order valence-corrected chi connectivity index (χ1v) is 6.60. The zero-order valence-electron chi connectivity index (χ0n) is 11.5. The molecule has 1 unspecified atom stereocenters. The number of hydrogen-bond acceptors (Lipinski definition) is 3. The van der Waals surface area contributed by atoms with Crippen molar-refractivity contribution in [2.45, 2.75) is 20.0 Å². The van der Waals surface area contributed by atoms with Crippen LogP contribution in [0.5, 0.6) is 0 Å². The van der Waals surface area contributed by atoms with Gasteiger partial charge < -0.3 is 5.11 Å². The average Bonchev–Trinajstić information content (AvgIpc) is 2.46. The van der Waals surface area contributed by atoms with Gasteiger partial charge in [-0.15, -0.1) is 0 Å². The Morgan fingerprint density at radius 2 is 1.95 bits per heavy atom. The summed E-state index contributed by atoms with van der Waals surface area (Å²) >= 11 is 0. The van der Waals surface area contributed by atoms with Gasteiger partial charge in [-0.25, -0.2) is 0 Å². The maximum atomic E-state index is 10.7. The minimum atomic E-state index is -0.733. The summed E-state index contributed by atoms with van der Waals surface area (Å²) in [5, 5.41) is 12.7. The van der Waals surface area contributed by atoms with Crippen molar-refractivity contribution in [3.05, 3.63) is 71.3 Å². The first-order chi connectivity index (χ1) is 9.66. The van der Waals surface area contributed by atoms with E-state index >= 15 is 0 Å². The molecule has 0 spiro atoms. The van der Waals surface area contributed by atoms with Crippen molar-refractivity contribution in [3.63, 3.8) is 0 Å². The molecule has 0 radical (unpaired) electrons. The molecule has 0 saturated carbocycles. The largest absolute Gasteiger partial charge is 0.382 e. The van der Waals surface area contributed by atoms with Crippen LogP contribution in [-0.4, -0.2) is 15.1 Å². The Hall–Kier alpha value is -2.26. The zero-order chi connectivity index (χ0) is 14.1. The van der Waals surface area contributed by atoms with Crippen LogP contribution in [-0.2, 0) is 0 Å². The predicted molar refractivity (Wildman–Crippen MR) is 79.5 cm³/mol. The highest BCUT2D eigenvalue weighted by Crippen LogP contribution is 2.29. The maximum absolute atomic E-state index is 10.7. The molecule has 3 heteroatoms. The van der Waals surface area contributed by atoms with E-state index in [2.05, 4.69) is 9.97 Å². The standard InChI is InChI=1S/C17H16N2O/c1-11-8-12(2)16(19-9-11)17(20)14-5-3-4-13-6-7-18-10-15(13)14/h3-10,17,20H,1-2H3. The van der Waals surface area contributed by atoms with Crippen molar-refractivity contribution in [1.29, 1.82) is 0 Å². The van der Waals surface area contributed by atoms with Crippen molar-refractivity contribution in [1.82, 2.24) is 9.97 Å². The Morgan fingerprint density at radius 3 is 2.75 bits per heavy atom. The van der Waals surface area contributed by atoms with E-state index in [9.17, 15) is 5.11 Å². The molecule has 3 rings (SSSR count). The van der Waals surface area contributed by atoms with Crippen LogP contribution in [0.1, 0.15) is 28.5 Å². The maximum Gasteiger partial charge on any atom is 0.122 e. The summed E-state index contributed by atoms with van der Waals surface area (Å²) in [6, 6.07) is 9.87. The third kappa shape index (κ3) is 2.17. The van der Waals surface area contributed by atoms with Crippen LogP contribution in [0.4, 0.5) is 0 Å². The van der Waals surface area contributed by atoms with Crippen molar-refractivity contribution in [2.75, 3.05) is 0 Å². The molecule has 1 N–H and O–H groups in total. The molecule has 2 heterocycles. The topological polar surface area (TPSA) is 46.0 Å². The van der Waals surface area contributed by atoms with Crippen LogP contribution < -0.4 is 0 Å². The van der Waals surface area contributed by atoms with Gasteiger partial charge >= 0.3 is 0 Å². The summed E-state index contributed by atoms with van der Waals surface area (Å²) < 4.78 is 0. The third-order valence-electron chi connectivity index (χ3n) is 3.53. The number of aryl methyl sites for hydroxylation is 2. The number of aromatic nitrogens is 2. The van der Waals surface area contributed by atoms with Crippen LogP contribution in [0.15, 0.2) is 48.9 Å². The molecule has 0 bridgehead atoms. The lowest BCUT2D eigenvalue weighted by Crippen LogP contribution is -2.06. The van der Waals surface area contributed by atoms with Gasteiger partial charge in [0.25, 0.3) is 0 Å². The average molecular weight is 264 g/mol. The minimum absolute atomic E-state index is 0.701. The molecule has 0 amide bonds. The Labute approximate surface area is 117 Å². The summed E-state index contributed by atoms with van der Waals surface area (Å²) in [4.78, 5) is 8.55. The number of pyridine rings is 2. The first-order valence-electron chi connectivity index (χ1n) is 6.60. The second-order valence-corrected chi connectivity index (χ2v) is 5.06. The quantitative estimate of drug-likeness (QED) is 0.772. The Bertz CT molecular complexity index is 763. The summed E-state index contributed by atoms with van der Waals surface area (Å²) in [5.41, 5.74) is 3.64.